The van der Waals surface area contributed by atoms with E-state index in [-0.39, 0.29) is 11.6 Å². The summed E-state index contributed by atoms with van der Waals surface area (Å²) in [6.07, 6.45) is 0. The Morgan fingerprint density at radius 3 is 1.88 bits per heavy atom. The molecule has 1 heterocycles. The van der Waals surface area contributed by atoms with Crippen LogP contribution in [0, 0.1) is 0 Å². The Morgan fingerprint density at radius 1 is 0.920 bits per heavy atom. The fraction of sp³-hybridized carbons (Fsp3) is 0.444. The Morgan fingerprint density at radius 2 is 1.44 bits per heavy atom. The Labute approximate surface area is 150 Å². The highest BCUT2D eigenvalue weighted by Crippen LogP contribution is 2.34. The average Bonchev–Trinajstić information content (AvgIpc) is 2.56. The highest BCUT2D eigenvalue weighted by molar-refractivity contribution is 7.92. The Bertz CT molecular complexity index is 789. The van der Waals surface area contributed by atoms with E-state index >= 15 is 0 Å². The van der Waals surface area contributed by atoms with Crippen molar-refractivity contribution in [3.63, 3.8) is 0 Å². The van der Waals surface area contributed by atoms with Gasteiger partial charge in [-0.05, 0) is 42.0 Å². The van der Waals surface area contributed by atoms with E-state index in [1.54, 1.807) is 19.1 Å². The standard InChI is InChI=1S/C18H26N4O2S/c1-6-25(23,24)22-17-11-10-16(20-21-17)19-18-14(12(2)3)8-7-9-15(18)13(4)5/h7-13H,6H2,1-5H3,(H,19,20)(H,21,22). The first-order valence-electron chi connectivity index (χ1n) is 8.47. The van der Waals surface area contributed by atoms with Crippen molar-refractivity contribution >= 4 is 27.3 Å². The van der Waals surface area contributed by atoms with Crippen LogP contribution in [0.4, 0.5) is 17.3 Å². The molecule has 0 aliphatic carbocycles. The lowest BCUT2D eigenvalue weighted by molar-refractivity contribution is 0.602. The third-order valence-corrected chi connectivity index (χ3v) is 5.21. The number of anilines is 3. The summed E-state index contributed by atoms with van der Waals surface area (Å²) in [6, 6.07) is 9.62. The molecule has 0 saturated carbocycles. The maximum Gasteiger partial charge on any atom is 0.233 e. The summed E-state index contributed by atoms with van der Waals surface area (Å²) < 4.78 is 25.6. The molecule has 2 rings (SSSR count). The monoisotopic (exact) mass is 362 g/mol. The molecule has 1 aromatic heterocycles. The summed E-state index contributed by atoms with van der Waals surface area (Å²) in [5, 5.41) is 11.4. The number of nitrogens with one attached hydrogen (secondary N) is 2. The van der Waals surface area contributed by atoms with Crippen molar-refractivity contribution in [1.82, 2.24) is 10.2 Å². The summed E-state index contributed by atoms with van der Waals surface area (Å²) >= 11 is 0. The highest BCUT2D eigenvalue weighted by Gasteiger charge is 2.15. The van der Waals surface area contributed by atoms with Crippen LogP contribution in [0.15, 0.2) is 30.3 Å². The van der Waals surface area contributed by atoms with E-state index < -0.39 is 10.0 Å². The quantitative estimate of drug-likeness (QED) is 0.770. The molecule has 0 amide bonds. The number of hydrogen-bond donors (Lipinski definition) is 2. The molecule has 0 bridgehead atoms. The topological polar surface area (TPSA) is 84.0 Å². The van der Waals surface area contributed by atoms with Crippen LogP contribution in [0.3, 0.4) is 0 Å². The number of para-hydroxylation sites is 1. The van der Waals surface area contributed by atoms with Crippen molar-refractivity contribution in [2.45, 2.75) is 46.5 Å². The zero-order valence-corrected chi connectivity index (χ0v) is 16.2. The normalized spacial score (nSPS) is 11.8. The summed E-state index contributed by atoms with van der Waals surface area (Å²) in [5.41, 5.74) is 3.47. The number of aromatic nitrogens is 2. The zero-order valence-electron chi connectivity index (χ0n) is 15.4. The Kier molecular flexibility index (Phi) is 6.00. The van der Waals surface area contributed by atoms with Gasteiger partial charge in [0.15, 0.2) is 11.6 Å². The largest absolute Gasteiger partial charge is 0.338 e. The molecule has 7 heteroatoms. The van der Waals surface area contributed by atoms with E-state index in [1.807, 2.05) is 0 Å². The van der Waals surface area contributed by atoms with Crippen LogP contribution in [0.5, 0.6) is 0 Å². The molecule has 0 saturated heterocycles. The smallest absolute Gasteiger partial charge is 0.233 e. The Balaban J connectivity index is 2.31. The van der Waals surface area contributed by atoms with Crippen LogP contribution in [0.25, 0.3) is 0 Å². The van der Waals surface area contributed by atoms with Gasteiger partial charge in [0.1, 0.15) is 0 Å². The molecule has 2 aromatic rings. The van der Waals surface area contributed by atoms with Gasteiger partial charge in [0.2, 0.25) is 10.0 Å². The predicted octanol–water partition coefficient (Wildman–Crippen LogP) is 4.23. The van der Waals surface area contributed by atoms with Crippen molar-refractivity contribution in [3.05, 3.63) is 41.5 Å². The molecule has 6 nitrogen and oxygen atoms in total. The van der Waals surface area contributed by atoms with Gasteiger partial charge in [0.25, 0.3) is 0 Å². The second-order valence-electron chi connectivity index (χ2n) is 6.56. The van der Waals surface area contributed by atoms with E-state index in [9.17, 15) is 8.42 Å². The van der Waals surface area contributed by atoms with Crippen molar-refractivity contribution in [3.8, 4) is 0 Å². The average molecular weight is 362 g/mol. The van der Waals surface area contributed by atoms with Crippen LogP contribution in [0.1, 0.15) is 57.6 Å². The van der Waals surface area contributed by atoms with Crippen LogP contribution < -0.4 is 10.0 Å². The Hall–Kier alpha value is -2.15. The van der Waals surface area contributed by atoms with E-state index in [2.05, 4.69) is 66.1 Å². The van der Waals surface area contributed by atoms with Crippen molar-refractivity contribution < 1.29 is 8.42 Å². The van der Waals surface area contributed by atoms with Gasteiger partial charge in [-0.3, -0.25) is 4.72 Å². The number of hydrogen-bond acceptors (Lipinski definition) is 5. The van der Waals surface area contributed by atoms with Crippen molar-refractivity contribution in [1.29, 1.82) is 0 Å². The third kappa shape index (κ3) is 4.92. The molecular weight excluding hydrogens is 336 g/mol. The summed E-state index contributed by atoms with van der Waals surface area (Å²) in [7, 11) is -3.35. The minimum absolute atomic E-state index is 0.00576. The molecule has 0 radical (unpaired) electrons. The van der Waals surface area contributed by atoms with Gasteiger partial charge in [0, 0.05) is 5.69 Å². The van der Waals surface area contributed by atoms with Gasteiger partial charge in [-0.2, -0.15) is 0 Å². The van der Waals surface area contributed by atoms with E-state index in [1.165, 1.54) is 11.1 Å². The fourth-order valence-electron chi connectivity index (χ4n) is 2.51. The first kappa shape index (κ1) is 19.2. The molecule has 1 aromatic carbocycles. The van der Waals surface area contributed by atoms with Crippen LogP contribution in [0.2, 0.25) is 0 Å². The minimum Gasteiger partial charge on any atom is -0.338 e. The molecule has 0 fully saturated rings. The molecule has 0 atom stereocenters. The maximum absolute atomic E-state index is 11.6. The van der Waals surface area contributed by atoms with E-state index in [4.69, 9.17) is 0 Å². The number of sulfonamides is 1. The molecule has 0 spiro atoms. The minimum atomic E-state index is -3.35. The third-order valence-electron chi connectivity index (χ3n) is 3.93. The van der Waals surface area contributed by atoms with Gasteiger partial charge in [-0.15, -0.1) is 10.2 Å². The summed E-state index contributed by atoms with van der Waals surface area (Å²) in [5.74, 6) is 1.52. The predicted molar refractivity (Wildman–Crippen MR) is 103 cm³/mol. The van der Waals surface area contributed by atoms with Crippen molar-refractivity contribution in [2.24, 2.45) is 0 Å². The molecule has 25 heavy (non-hydrogen) atoms. The number of nitrogens with zero attached hydrogens (tertiary/aromatic N) is 2. The highest BCUT2D eigenvalue weighted by atomic mass is 32.2. The molecule has 136 valence electrons. The molecule has 2 N–H and O–H groups in total. The fourth-order valence-corrected chi connectivity index (χ4v) is 3.08. The lowest BCUT2D eigenvalue weighted by Crippen LogP contribution is -2.16. The maximum atomic E-state index is 11.6. The second kappa shape index (κ2) is 7.82. The van der Waals surface area contributed by atoms with Gasteiger partial charge in [-0.1, -0.05) is 45.9 Å². The molecule has 0 unspecified atom stereocenters. The van der Waals surface area contributed by atoms with Crippen molar-refractivity contribution in [2.75, 3.05) is 15.8 Å². The summed E-state index contributed by atoms with van der Waals surface area (Å²) in [4.78, 5) is 0. The van der Waals surface area contributed by atoms with Crippen LogP contribution in [-0.4, -0.2) is 24.4 Å². The summed E-state index contributed by atoms with van der Waals surface area (Å²) in [6.45, 7) is 10.2. The first-order chi connectivity index (χ1) is 11.7. The van der Waals surface area contributed by atoms with E-state index in [0.29, 0.717) is 17.7 Å². The van der Waals surface area contributed by atoms with Gasteiger partial charge in [0.05, 0.1) is 5.75 Å². The molecule has 0 aliphatic rings. The SMILES string of the molecule is CCS(=O)(=O)Nc1ccc(Nc2c(C(C)C)cccc2C(C)C)nn1. The van der Waals surface area contributed by atoms with Gasteiger partial charge >= 0.3 is 0 Å². The zero-order chi connectivity index (χ0) is 18.6. The molecule has 0 aliphatic heterocycles. The van der Waals surface area contributed by atoms with Gasteiger partial charge in [-0.25, -0.2) is 8.42 Å². The number of rotatable bonds is 7. The number of benzene rings is 1. The first-order valence-corrected chi connectivity index (χ1v) is 10.1. The van der Waals surface area contributed by atoms with Crippen LogP contribution in [-0.2, 0) is 10.0 Å². The lowest BCUT2D eigenvalue weighted by atomic mass is 9.92. The van der Waals surface area contributed by atoms with Crippen LogP contribution >= 0.6 is 0 Å². The van der Waals surface area contributed by atoms with E-state index in [0.717, 1.165) is 5.69 Å². The molecular formula is C18H26N4O2S. The lowest BCUT2D eigenvalue weighted by Gasteiger charge is -2.20. The van der Waals surface area contributed by atoms with Gasteiger partial charge < -0.3 is 5.32 Å². The second-order valence-corrected chi connectivity index (χ2v) is 8.57.